The standard InChI is InChI=1S/C19H17NO4/c1-12-14-9-5-6-10-16(14)24-19(23)17(12)18(22)20-15(11-21)13-7-3-2-4-8-13/h2-10,15,21H,11H2,1H3,(H,20,22)/t15-/m1/s1. The van der Waals surface area contributed by atoms with E-state index in [1.54, 1.807) is 37.3 Å². The first-order valence-corrected chi connectivity index (χ1v) is 7.61. The summed E-state index contributed by atoms with van der Waals surface area (Å²) in [4.78, 5) is 24.8. The molecule has 3 aromatic rings. The average Bonchev–Trinajstić information content (AvgIpc) is 2.60. The predicted molar refractivity (Wildman–Crippen MR) is 91.0 cm³/mol. The Kier molecular flexibility index (Phi) is 4.44. The van der Waals surface area contributed by atoms with E-state index in [0.29, 0.717) is 16.5 Å². The molecule has 122 valence electrons. The molecule has 1 amide bonds. The third-order valence-corrected chi connectivity index (χ3v) is 3.99. The Labute approximate surface area is 138 Å². The summed E-state index contributed by atoms with van der Waals surface area (Å²) < 4.78 is 5.24. The third kappa shape index (κ3) is 2.94. The number of carbonyl (C=O) groups excluding carboxylic acids is 1. The second-order valence-electron chi connectivity index (χ2n) is 5.50. The zero-order valence-electron chi connectivity index (χ0n) is 13.2. The van der Waals surface area contributed by atoms with Gasteiger partial charge >= 0.3 is 5.63 Å². The van der Waals surface area contributed by atoms with Crippen LogP contribution in [0.2, 0.25) is 0 Å². The molecule has 0 aliphatic carbocycles. The van der Waals surface area contributed by atoms with Crippen LogP contribution in [0, 0.1) is 6.92 Å². The van der Waals surface area contributed by atoms with E-state index in [2.05, 4.69) is 5.32 Å². The molecule has 0 radical (unpaired) electrons. The molecule has 0 bridgehead atoms. The van der Waals surface area contributed by atoms with Crippen LogP contribution < -0.4 is 10.9 Å². The Hall–Kier alpha value is -2.92. The van der Waals surface area contributed by atoms with Gasteiger partial charge in [0.05, 0.1) is 12.6 Å². The van der Waals surface area contributed by atoms with Crippen molar-refractivity contribution >= 4 is 16.9 Å². The van der Waals surface area contributed by atoms with Crippen molar-refractivity contribution in [1.82, 2.24) is 5.32 Å². The minimum Gasteiger partial charge on any atom is -0.422 e. The predicted octanol–water partition coefficient (Wildman–Crippen LogP) is 2.56. The van der Waals surface area contributed by atoms with Crippen molar-refractivity contribution in [2.24, 2.45) is 0 Å². The topological polar surface area (TPSA) is 79.5 Å². The third-order valence-electron chi connectivity index (χ3n) is 3.99. The van der Waals surface area contributed by atoms with E-state index in [1.807, 2.05) is 24.3 Å². The lowest BCUT2D eigenvalue weighted by Crippen LogP contribution is -2.34. The van der Waals surface area contributed by atoms with Crippen molar-refractivity contribution in [1.29, 1.82) is 0 Å². The van der Waals surface area contributed by atoms with Crippen LogP contribution in [-0.2, 0) is 0 Å². The molecule has 24 heavy (non-hydrogen) atoms. The zero-order chi connectivity index (χ0) is 17.1. The molecule has 0 saturated carbocycles. The molecule has 2 aromatic carbocycles. The first-order chi connectivity index (χ1) is 11.6. The molecular weight excluding hydrogens is 306 g/mol. The maximum absolute atomic E-state index is 12.6. The van der Waals surface area contributed by atoms with E-state index < -0.39 is 17.6 Å². The average molecular weight is 323 g/mol. The first-order valence-electron chi connectivity index (χ1n) is 7.61. The SMILES string of the molecule is Cc1c(C(=O)N[C@H](CO)c2ccccc2)c(=O)oc2ccccc12. The molecule has 0 spiro atoms. The van der Waals surface area contributed by atoms with Crippen molar-refractivity contribution in [3.63, 3.8) is 0 Å². The van der Waals surface area contributed by atoms with E-state index >= 15 is 0 Å². The molecule has 5 heteroatoms. The van der Waals surface area contributed by atoms with E-state index in [9.17, 15) is 14.7 Å². The van der Waals surface area contributed by atoms with Crippen molar-refractivity contribution in [2.45, 2.75) is 13.0 Å². The van der Waals surface area contributed by atoms with Gasteiger partial charge in [0.15, 0.2) is 0 Å². The summed E-state index contributed by atoms with van der Waals surface area (Å²) in [5.41, 5.74) is 1.04. The molecule has 1 aromatic heterocycles. The van der Waals surface area contributed by atoms with E-state index in [0.717, 1.165) is 5.56 Å². The Morgan fingerprint density at radius 1 is 1.12 bits per heavy atom. The van der Waals surface area contributed by atoms with Crippen LogP contribution in [0.1, 0.15) is 27.5 Å². The Balaban J connectivity index is 1.98. The molecule has 5 nitrogen and oxygen atoms in total. The van der Waals surface area contributed by atoms with Gasteiger partial charge in [0.1, 0.15) is 11.1 Å². The maximum Gasteiger partial charge on any atom is 0.349 e. The molecule has 0 unspecified atom stereocenters. The number of benzene rings is 2. The molecule has 3 rings (SSSR count). The molecule has 1 heterocycles. The largest absolute Gasteiger partial charge is 0.422 e. The number of aliphatic hydroxyl groups excluding tert-OH is 1. The van der Waals surface area contributed by atoms with Crippen LogP contribution in [0.5, 0.6) is 0 Å². The highest BCUT2D eigenvalue weighted by Crippen LogP contribution is 2.20. The molecule has 0 fully saturated rings. The minimum atomic E-state index is -0.687. The second kappa shape index (κ2) is 6.68. The Morgan fingerprint density at radius 3 is 2.50 bits per heavy atom. The number of rotatable bonds is 4. The number of hydrogen-bond donors (Lipinski definition) is 2. The summed E-state index contributed by atoms with van der Waals surface area (Å²) in [5, 5.41) is 13.0. The van der Waals surface area contributed by atoms with Gasteiger partial charge in [-0.25, -0.2) is 4.79 Å². The summed E-state index contributed by atoms with van der Waals surface area (Å²) in [5.74, 6) is -0.560. The number of aryl methyl sites for hydroxylation is 1. The number of aliphatic hydroxyl groups is 1. The smallest absolute Gasteiger partial charge is 0.349 e. The highest BCUT2D eigenvalue weighted by molar-refractivity contribution is 5.99. The van der Waals surface area contributed by atoms with Crippen LogP contribution in [0.15, 0.2) is 63.8 Å². The van der Waals surface area contributed by atoms with Crippen LogP contribution in [0.4, 0.5) is 0 Å². The van der Waals surface area contributed by atoms with Gasteiger partial charge in [-0.3, -0.25) is 4.79 Å². The summed E-state index contributed by atoms with van der Waals surface area (Å²) in [6.45, 7) is 1.44. The lowest BCUT2D eigenvalue weighted by atomic mass is 10.0. The first kappa shape index (κ1) is 16.0. The fraction of sp³-hybridized carbons (Fsp3) is 0.158. The summed E-state index contributed by atoms with van der Waals surface area (Å²) in [6, 6.07) is 15.6. The molecule has 1 atom stereocenters. The van der Waals surface area contributed by atoms with E-state index in [4.69, 9.17) is 4.42 Å². The lowest BCUT2D eigenvalue weighted by Gasteiger charge is -2.17. The minimum absolute atomic E-state index is 0.0388. The van der Waals surface area contributed by atoms with Gasteiger partial charge in [-0.2, -0.15) is 0 Å². The number of hydrogen-bond acceptors (Lipinski definition) is 4. The monoisotopic (exact) mass is 323 g/mol. The summed E-state index contributed by atoms with van der Waals surface area (Å²) in [7, 11) is 0. The van der Waals surface area contributed by atoms with Crippen LogP contribution >= 0.6 is 0 Å². The zero-order valence-corrected chi connectivity index (χ0v) is 13.2. The van der Waals surface area contributed by atoms with E-state index in [1.165, 1.54) is 0 Å². The number of nitrogens with one attached hydrogen (secondary N) is 1. The number of carbonyl (C=O) groups is 1. The molecular formula is C19H17NO4. The summed E-state index contributed by atoms with van der Waals surface area (Å²) in [6.07, 6.45) is 0. The molecule has 0 aliphatic heterocycles. The maximum atomic E-state index is 12.6. The quantitative estimate of drug-likeness (QED) is 0.723. The van der Waals surface area contributed by atoms with Crippen molar-refractivity contribution in [2.75, 3.05) is 6.61 Å². The fourth-order valence-electron chi connectivity index (χ4n) is 2.72. The summed E-state index contributed by atoms with van der Waals surface area (Å²) >= 11 is 0. The van der Waals surface area contributed by atoms with Gasteiger partial charge < -0.3 is 14.8 Å². The van der Waals surface area contributed by atoms with Crippen molar-refractivity contribution in [3.05, 3.63) is 81.7 Å². The highest BCUT2D eigenvalue weighted by atomic mass is 16.4. The van der Waals surface area contributed by atoms with Crippen LogP contribution in [-0.4, -0.2) is 17.6 Å². The fourth-order valence-corrected chi connectivity index (χ4v) is 2.72. The molecule has 0 saturated heterocycles. The van der Waals surface area contributed by atoms with Gasteiger partial charge in [-0.05, 0) is 24.1 Å². The lowest BCUT2D eigenvalue weighted by molar-refractivity contribution is 0.0912. The van der Waals surface area contributed by atoms with Gasteiger partial charge in [0, 0.05) is 5.39 Å². The normalized spacial score (nSPS) is 12.1. The van der Waals surface area contributed by atoms with Gasteiger partial charge in [-0.15, -0.1) is 0 Å². The number of amides is 1. The number of fused-ring (bicyclic) bond motifs is 1. The van der Waals surface area contributed by atoms with Gasteiger partial charge in [-0.1, -0.05) is 48.5 Å². The van der Waals surface area contributed by atoms with Crippen molar-refractivity contribution < 1.29 is 14.3 Å². The Morgan fingerprint density at radius 2 is 1.79 bits per heavy atom. The van der Waals surface area contributed by atoms with Gasteiger partial charge in [0.25, 0.3) is 5.91 Å². The van der Waals surface area contributed by atoms with Gasteiger partial charge in [0.2, 0.25) is 0 Å². The van der Waals surface area contributed by atoms with Crippen LogP contribution in [0.25, 0.3) is 11.0 Å². The molecule has 2 N–H and O–H groups in total. The van der Waals surface area contributed by atoms with Crippen LogP contribution in [0.3, 0.4) is 0 Å². The van der Waals surface area contributed by atoms with E-state index in [-0.39, 0.29) is 12.2 Å². The second-order valence-corrected chi connectivity index (χ2v) is 5.50. The molecule has 0 aliphatic rings. The van der Waals surface area contributed by atoms with Crippen molar-refractivity contribution in [3.8, 4) is 0 Å². The Bertz CT molecular complexity index is 931. The number of para-hydroxylation sites is 1. The highest BCUT2D eigenvalue weighted by Gasteiger charge is 2.21.